The van der Waals surface area contributed by atoms with Gasteiger partial charge in [-0.1, -0.05) is 29.8 Å². The molecule has 1 heterocycles. The molecule has 0 bridgehead atoms. The number of aromatic nitrogens is 1. The van der Waals surface area contributed by atoms with Gasteiger partial charge in [-0.3, -0.25) is 4.79 Å². The van der Waals surface area contributed by atoms with Crippen LogP contribution in [-0.2, 0) is 4.79 Å². The second-order valence-electron chi connectivity index (χ2n) is 4.03. The van der Waals surface area contributed by atoms with Gasteiger partial charge in [-0.2, -0.15) is 0 Å². The Morgan fingerprint density at radius 1 is 1.26 bits per heavy atom. The van der Waals surface area contributed by atoms with E-state index >= 15 is 0 Å². The Balaban J connectivity index is 1.93. The molecule has 2 N–H and O–H groups in total. The van der Waals surface area contributed by atoms with Crippen LogP contribution in [0.4, 0.5) is 5.82 Å². The molecule has 0 saturated heterocycles. The molecule has 0 saturated carbocycles. The van der Waals surface area contributed by atoms with Crippen LogP contribution in [0.15, 0.2) is 48.7 Å². The lowest BCUT2D eigenvalue weighted by atomic mass is 10.1. The summed E-state index contributed by atoms with van der Waals surface area (Å²) in [5.74, 6) is 0.178. The van der Waals surface area contributed by atoms with Crippen LogP contribution in [0.1, 0.15) is 18.1 Å². The van der Waals surface area contributed by atoms with Gasteiger partial charge in [0.2, 0.25) is 5.91 Å². The minimum Gasteiger partial charge on any atom is -0.388 e. The third-order valence-corrected chi connectivity index (χ3v) is 2.82. The predicted octanol–water partition coefficient (Wildman–Crippen LogP) is 2.80. The number of anilines is 1. The van der Waals surface area contributed by atoms with E-state index in [-0.39, 0.29) is 12.3 Å². The minimum atomic E-state index is -0.860. The number of carbonyl (C=O) groups excluding carboxylic acids is 1. The van der Waals surface area contributed by atoms with Gasteiger partial charge >= 0.3 is 0 Å². The number of aliphatic hydroxyl groups excluding tert-OH is 1. The largest absolute Gasteiger partial charge is 0.388 e. The van der Waals surface area contributed by atoms with E-state index in [0.29, 0.717) is 16.4 Å². The number of rotatable bonds is 4. The molecular formula is C14H13ClN2O2. The Bertz CT molecular complexity index is 543. The monoisotopic (exact) mass is 276 g/mol. The van der Waals surface area contributed by atoms with Crippen molar-refractivity contribution in [3.63, 3.8) is 0 Å². The molecule has 1 aromatic heterocycles. The summed E-state index contributed by atoms with van der Waals surface area (Å²) in [6.45, 7) is 0. The third kappa shape index (κ3) is 4.05. The van der Waals surface area contributed by atoms with Gasteiger partial charge in [0.1, 0.15) is 5.82 Å². The number of amides is 1. The van der Waals surface area contributed by atoms with Crippen molar-refractivity contribution in [2.75, 3.05) is 5.32 Å². The summed E-state index contributed by atoms with van der Waals surface area (Å²) in [7, 11) is 0. The molecule has 0 spiro atoms. The van der Waals surface area contributed by atoms with Crippen molar-refractivity contribution in [1.29, 1.82) is 0 Å². The van der Waals surface area contributed by atoms with Crippen molar-refractivity contribution in [3.05, 3.63) is 59.2 Å². The zero-order valence-corrected chi connectivity index (χ0v) is 10.8. The van der Waals surface area contributed by atoms with Crippen molar-refractivity contribution >= 4 is 23.3 Å². The molecule has 4 nitrogen and oxygen atoms in total. The highest BCUT2D eigenvalue weighted by Gasteiger charge is 2.13. The lowest BCUT2D eigenvalue weighted by Gasteiger charge is -2.11. The minimum absolute atomic E-state index is 0.0296. The first-order chi connectivity index (χ1) is 9.15. The van der Waals surface area contributed by atoms with Gasteiger partial charge in [0.25, 0.3) is 0 Å². The van der Waals surface area contributed by atoms with Gasteiger partial charge in [0, 0.05) is 11.2 Å². The number of hydrogen-bond acceptors (Lipinski definition) is 3. The maximum absolute atomic E-state index is 11.7. The van der Waals surface area contributed by atoms with Gasteiger partial charge in [0.15, 0.2) is 0 Å². The van der Waals surface area contributed by atoms with Crippen LogP contribution in [0.2, 0.25) is 5.02 Å². The molecule has 1 aromatic carbocycles. The first-order valence-electron chi connectivity index (χ1n) is 5.79. The molecule has 98 valence electrons. The second kappa shape index (κ2) is 6.31. The number of halogens is 1. The summed E-state index contributed by atoms with van der Waals surface area (Å²) < 4.78 is 0. The van der Waals surface area contributed by atoms with Gasteiger partial charge in [0.05, 0.1) is 12.5 Å². The molecule has 2 rings (SSSR count). The van der Waals surface area contributed by atoms with Crippen LogP contribution < -0.4 is 5.32 Å². The third-order valence-electron chi connectivity index (χ3n) is 2.57. The molecule has 0 aliphatic rings. The lowest BCUT2D eigenvalue weighted by molar-refractivity contribution is -0.118. The van der Waals surface area contributed by atoms with E-state index in [9.17, 15) is 9.90 Å². The quantitative estimate of drug-likeness (QED) is 0.903. The number of nitrogens with zero attached hydrogens (tertiary/aromatic N) is 1. The number of pyridine rings is 1. The van der Waals surface area contributed by atoms with Crippen molar-refractivity contribution in [2.45, 2.75) is 12.5 Å². The topological polar surface area (TPSA) is 62.2 Å². The van der Waals surface area contributed by atoms with Crippen LogP contribution in [-0.4, -0.2) is 16.0 Å². The van der Waals surface area contributed by atoms with Crippen molar-refractivity contribution in [3.8, 4) is 0 Å². The normalized spacial score (nSPS) is 11.9. The summed E-state index contributed by atoms with van der Waals surface area (Å²) in [4.78, 5) is 15.7. The van der Waals surface area contributed by atoms with Crippen molar-refractivity contribution in [2.24, 2.45) is 0 Å². The fourth-order valence-corrected chi connectivity index (χ4v) is 1.73. The van der Waals surface area contributed by atoms with Crippen LogP contribution in [0, 0.1) is 0 Å². The zero-order chi connectivity index (χ0) is 13.7. The highest BCUT2D eigenvalue weighted by molar-refractivity contribution is 6.30. The van der Waals surface area contributed by atoms with E-state index in [1.807, 2.05) is 0 Å². The van der Waals surface area contributed by atoms with Crippen LogP contribution >= 0.6 is 11.6 Å². The van der Waals surface area contributed by atoms with Gasteiger partial charge in [-0.05, 0) is 29.8 Å². The molecule has 1 amide bonds. The molecule has 1 atom stereocenters. The van der Waals surface area contributed by atoms with Crippen LogP contribution in [0.5, 0.6) is 0 Å². The van der Waals surface area contributed by atoms with Gasteiger partial charge in [-0.25, -0.2) is 4.98 Å². The molecule has 0 aliphatic carbocycles. The lowest BCUT2D eigenvalue weighted by Crippen LogP contribution is -2.16. The fourth-order valence-electron chi connectivity index (χ4n) is 1.61. The highest BCUT2D eigenvalue weighted by atomic mass is 35.5. The summed E-state index contributed by atoms with van der Waals surface area (Å²) >= 11 is 5.76. The van der Waals surface area contributed by atoms with E-state index in [2.05, 4.69) is 10.3 Å². The van der Waals surface area contributed by atoms with E-state index < -0.39 is 6.10 Å². The van der Waals surface area contributed by atoms with E-state index in [1.165, 1.54) is 0 Å². The number of benzene rings is 1. The van der Waals surface area contributed by atoms with Crippen LogP contribution in [0.3, 0.4) is 0 Å². The molecule has 5 heteroatoms. The summed E-state index contributed by atoms with van der Waals surface area (Å²) in [5, 5.41) is 13.1. The maximum Gasteiger partial charge on any atom is 0.228 e. The summed E-state index contributed by atoms with van der Waals surface area (Å²) in [6, 6.07) is 12.0. The van der Waals surface area contributed by atoms with Crippen LogP contribution in [0.25, 0.3) is 0 Å². The highest BCUT2D eigenvalue weighted by Crippen LogP contribution is 2.19. The Morgan fingerprint density at radius 2 is 2.00 bits per heavy atom. The van der Waals surface area contributed by atoms with Crippen molar-refractivity contribution in [1.82, 2.24) is 4.98 Å². The molecule has 1 unspecified atom stereocenters. The fraction of sp³-hybridized carbons (Fsp3) is 0.143. The smallest absolute Gasteiger partial charge is 0.228 e. The standard InChI is InChI=1S/C14H13ClN2O2/c15-11-6-4-10(5-7-11)12(18)9-14(19)17-13-3-1-2-8-16-13/h1-8,12,18H,9H2,(H,16,17,19). The van der Waals surface area contributed by atoms with Gasteiger partial charge < -0.3 is 10.4 Å². The Morgan fingerprint density at radius 3 is 2.63 bits per heavy atom. The molecule has 19 heavy (non-hydrogen) atoms. The zero-order valence-electron chi connectivity index (χ0n) is 10.1. The number of nitrogens with one attached hydrogen (secondary N) is 1. The number of hydrogen-bond donors (Lipinski definition) is 2. The second-order valence-corrected chi connectivity index (χ2v) is 4.47. The average molecular weight is 277 g/mol. The molecule has 0 radical (unpaired) electrons. The maximum atomic E-state index is 11.7. The predicted molar refractivity (Wildman–Crippen MR) is 73.9 cm³/mol. The Kier molecular flexibility index (Phi) is 4.49. The first kappa shape index (κ1) is 13.5. The van der Waals surface area contributed by atoms with E-state index in [4.69, 9.17) is 11.6 Å². The summed E-state index contributed by atoms with van der Waals surface area (Å²) in [6.07, 6.45) is 0.699. The van der Waals surface area contributed by atoms with Gasteiger partial charge in [-0.15, -0.1) is 0 Å². The first-order valence-corrected chi connectivity index (χ1v) is 6.17. The summed E-state index contributed by atoms with van der Waals surface area (Å²) in [5.41, 5.74) is 0.653. The Labute approximate surface area is 116 Å². The number of aliphatic hydroxyl groups is 1. The van der Waals surface area contributed by atoms with Crippen molar-refractivity contribution < 1.29 is 9.90 Å². The molecule has 0 aliphatic heterocycles. The van der Waals surface area contributed by atoms with E-state index in [1.54, 1.807) is 48.7 Å². The Hall–Kier alpha value is -1.91. The van der Waals surface area contributed by atoms with E-state index in [0.717, 1.165) is 0 Å². The molecular weight excluding hydrogens is 264 g/mol. The molecule has 2 aromatic rings. The average Bonchev–Trinajstić information content (AvgIpc) is 2.40. The molecule has 0 fully saturated rings. The number of carbonyl (C=O) groups is 1. The SMILES string of the molecule is O=C(CC(O)c1ccc(Cl)cc1)Nc1ccccn1.